The molecule has 1 aromatic heterocycles. The Kier molecular flexibility index (Phi) is 12.0. The summed E-state index contributed by atoms with van der Waals surface area (Å²) in [6.07, 6.45) is 0.765. The molecule has 306 valence electrons. The molecular weight excluding hydrogens is 740 g/mol. The second-order valence-electron chi connectivity index (χ2n) is 15.6. The topological polar surface area (TPSA) is 237 Å². The van der Waals surface area contributed by atoms with Gasteiger partial charge in [0.1, 0.15) is 72.2 Å². The fraction of sp³-hybridized carbons (Fsp3) is 0.488. The van der Waals surface area contributed by atoms with Crippen LogP contribution in [0.25, 0.3) is 11.0 Å². The predicted octanol–water partition coefficient (Wildman–Crippen LogP) is -0.246. The zero-order chi connectivity index (χ0) is 40.5. The Morgan fingerprint density at radius 2 is 1.93 bits per heavy atom. The largest absolute Gasteiger partial charge is 0.508 e. The molecule has 1 amide bonds. The molecule has 3 aromatic rings. The van der Waals surface area contributed by atoms with Gasteiger partial charge in [-0.1, -0.05) is 12.1 Å². The van der Waals surface area contributed by atoms with Crippen LogP contribution in [0.3, 0.4) is 0 Å². The Labute approximate surface area is 328 Å². The molecule has 4 aliphatic rings. The monoisotopic (exact) mass is 791 g/mol. The normalized spacial score (nSPS) is 25.2. The summed E-state index contributed by atoms with van der Waals surface area (Å²) in [6.45, 7) is 1.65. The molecule has 0 bridgehead atoms. The highest BCUT2D eigenvalue weighted by Gasteiger charge is 2.50. The number of benzene rings is 2. The molecule has 7 rings (SSSR count). The Bertz CT molecular complexity index is 2120. The van der Waals surface area contributed by atoms with Gasteiger partial charge in [-0.25, -0.2) is 9.78 Å². The van der Waals surface area contributed by atoms with Gasteiger partial charge in [-0.15, -0.1) is 0 Å². The van der Waals surface area contributed by atoms with E-state index in [0.717, 1.165) is 16.2 Å². The van der Waals surface area contributed by atoms with Crippen molar-refractivity contribution in [1.82, 2.24) is 10.6 Å². The SMILES string of the molecule is CNCCC1(CCC2CNC(=O)C2)Oc2c(cc3c(=O)cc(C)oc3c2[NH+]2C=C3C=CN=C3C2)CC1OOCC(O)(Cc1ccc(O)cc1)C(O)C(O)C(O)CO. The molecule has 0 aliphatic carbocycles. The molecular formula is C41H51N4O12+. The van der Waals surface area contributed by atoms with Crippen molar-refractivity contribution in [3.8, 4) is 11.5 Å². The number of aliphatic hydroxyl groups is 5. The average Bonchev–Trinajstić information content (AvgIpc) is 3.93. The van der Waals surface area contributed by atoms with Gasteiger partial charge < -0.3 is 50.4 Å². The molecule has 16 heteroatoms. The number of nitrogens with one attached hydrogen (secondary N) is 3. The molecule has 0 radical (unpaired) electrons. The number of hydrogen-bond donors (Lipinski definition) is 9. The fourth-order valence-electron chi connectivity index (χ4n) is 8.28. The van der Waals surface area contributed by atoms with E-state index >= 15 is 0 Å². The Balaban J connectivity index is 1.27. The molecule has 1 fully saturated rings. The first-order valence-electron chi connectivity index (χ1n) is 19.3. The summed E-state index contributed by atoms with van der Waals surface area (Å²) in [5.41, 5.74) is 0.425. The van der Waals surface area contributed by atoms with E-state index < -0.39 is 48.8 Å². The first kappa shape index (κ1) is 40.7. The maximum absolute atomic E-state index is 13.5. The average molecular weight is 792 g/mol. The van der Waals surface area contributed by atoms with E-state index in [1.807, 2.05) is 19.3 Å². The summed E-state index contributed by atoms with van der Waals surface area (Å²) in [5, 5.41) is 69.8. The van der Waals surface area contributed by atoms with Crippen LogP contribution in [0.5, 0.6) is 11.5 Å². The lowest BCUT2D eigenvalue weighted by atomic mass is 9.79. The maximum Gasteiger partial charge on any atom is 0.222 e. The second kappa shape index (κ2) is 16.8. The van der Waals surface area contributed by atoms with Crippen molar-refractivity contribution in [1.29, 1.82) is 0 Å². The van der Waals surface area contributed by atoms with Crippen LogP contribution in [0.4, 0.5) is 5.69 Å². The number of quaternary nitrogens is 1. The smallest absolute Gasteiger partial charge is 0.222 e. The number of aliphatic imine (C=N–C) groups is 1. The third-order valence-corrected chi connectivity index (χ3v) is 11.5. The van der Waals surface area contributed by atoms with Gasteiger partial charge in [0.05, 0.1) is 17.6 Å². The molecule has 8 unspecified atom stereocenters. The zero-order valence-corrected chi connectivity index (χ0v) is 31.9. The summed E-state index contributed by atoms with van der Waals surface area (Å²) in [5.74, 6) is 0.968. The number of fused-ring (bicyclic) bond motifs is 3. The van der Waals surface area contributed by atoms with Gasteiger partial charge in [0.2, 0.25) is 17.2 Å². The Morgan fingerprint density at radius 1 is 1.14 bits per heavy atom. The van der Waals surface area contributed by atoms with Crippen LogP contribution < -0.4 is 25.7 Å². The maximum atomic E-state index is 13.5. The van der Waals surface area contributed by atoms with Gasteiger partial charge in [0.15, 0.2) is 11.2 Å². The quantitative estimate of drug-likeness (QED) is 0.0635. The van der Waals surface area contributed by atoms with Gasteiger partial charge in [0, 0.05) is 50.1 Å². The molecule has 0 saturated carbocycles. The van der Waals surface area contributed by atoms with Crippen LogP contribution in [0.1, 0.15) is 42.6 Å². The van der Waals surface area contributed by atoms with Crippen molar-refractivity contribution >= 4 is 28.3 Å². The summed E-state index contributed by atoms with van der Waals surface area (Å²) < 4.78 is 13.5. The number of amides is 1. The number of carbonyl (C=O) groups excluding carboxylic acids is 1. The van der Waals surface area contributed by atoms with Gasteiger partial charge in [0.25, 0.3) is 0 Å². The molecule has 9 N–H and O–H groups in total. The Morgan fingerprint density at radius 3 is 2.63 bits per heavy atom. The van der Waals surface area contributed by atoms with Crippen molar-refractivity contribution in [2.75, 3.05) is 39.9 Å². The predicted molar refractivity (Wildman–Crippen MR) is 206 cm³/mol. The fourth-order valence-corrected chi connectivity index (χ4v) is 8.28. The van der Waals surface area contributed by atoms with Crippen molar-refractivity contribution < 1.29 is 59.3 Å². The van der Waals surface area contributed by atoms with Crippen molar-refractivity contribution in [2.45, 2.75) is 81.1 Å². The van der Waals surface area contributed by atoms with Crippen LogP contribution in [0, 0.1) is 12.8 Å². The van der Waals surface area contributed by atoms with Crippen molar-refractivity contribution in [2.24, 2.45) is 10.9 Å². The minimum atomic E-state index is -2.27. The number of rotatable bonds is 17. The summed E-state index contributed by atoms with van der Waals surface area (Å²) >= 11 is 0. The van der Waals surface area contributed by atoms with E-state index in [9.17, 15) is 40.2 Å². The minimum absolute atomic E-state index is 0.0216. The van der Waals surface area contributed by atoms with E-state index in [-0.39, 0.29) is 35.8 Å². The number of hydrogen-bond acceptors (Lipinski definition) is 14. The number of aromatic hydroxyl groups is 1. The number of ether oxygens (including phenoxy) is 1. The van der Waals surface area contributed by atoms with Crippen LogP contribution in [0.15, 0.2) is 74.7 Å². The van der Waals surface area contributed by atoms with Crippen LogP contribution >= 0.6 is 0 Å². The number of phenols is 1. The number of aryl methyl sites for hydroxylation is 1. The molecule has 16 nitrogen and oxygen atoms in total. The Hall–Kier alpha value is -4.49. The van der Waals surface area contributed by atoms with E-state index in [1.165, 1.54) is 30.3 Å². The van der Waals surface area contributed by atoms with Crippen LogP contribution in [-0.2, 0) is 27.4 Å². The second-order valence-corrected chi connectivity index (χ2v) is 15.6. The third kappa shape index (κ3) is 8.41. The van der Waals surface area contributed by atoms with E-state index in [4.69, 9.17) is 18.9 Å². The summed E-state index contributed by atoms with van der Waals surface area (Å²) in [7, 11) is 1.82. The van der Waals surface area contributed by atoms with Crippen LogP contribution in [0.2, 0.25) is 0 Å². The molecule has 8 atom stereocenters. The summed E-state index contributed by atoms with van der Waals surface area (Å²) in [6, 6.07) is 9.03. The van der Waals surface area contributed by atoms with E-state index in [2.05, 4.69) is 15.6 Å². The highest BCUT2D eigenvalue weighted by atomic mass is 17.2. The van der Waals surface area contributed by atoms with Crippen LogP contribution in [-0.4, -0.2) is 118 Å². The zero-order valence-electron chi connectivity index (χ0n) is 31.9. The lowest BCUT2D eigenvalue weighted by Gasteiger charge is -2.45. The molecule has 5 heterocycles. The highest BCUT2D eigenvalue weighted by molar-refractivity contribution is 6.07. The minimum Gasteiger partial charge on any atom is -0.508 e. The van der Waals surface area contributed by atoms with E-state index in [1.54, 1.807) is 19.2 Å². The first-order valence-corrected chi connectivity index (χ1v) is 19.3. The lowest BCUT2D eigenvalue weighted by molar-refractivity contribution is -0.759. The molecule has 4 aliphatic heterocycles. The van der Waals surface area contributed by atoms with E-state index in [0.29, 0.717) is 84.6 Å². The standard InChI is InChI=1S/C41H50N4O12/c1-23-13-31(48)29-15-27-16-33(57-54-22-40(53,39(52)36(51)32(49)21-46)17-24-3-5-28(47)6-4-24)41(10-12-42-2,9-7-25-14-34(50)44-18-25)56-37(27)35(38(29)55-23)45-19-26-8-11-43-30(26)20-45/h3-6,8,11,13,15,19,25,32-33,36,39,42,46-47,49,51-53H,7,9-10,12,14,16-18,20-22H2,1-2H3,(H,44,50)/p+1. The lowest BCUT2D eigenvalue weighted by Crippen LogP contribution is -3.01. The molecule has 1 saturated heterocycles. The molecule has 2 aromatic carbocycles. The molecule has 57 heavy (non-hydrogen) atoms. The number of carbonyl (C=O) groups is 1. The van der Waals surface area contributed by atoms with Crippen molar-refractivity contribution in [3.63, 3.8) is 0 Å². The van der Waals surface area contributed by atoms with Gasteiger partial charge >= 0.3 is 0 Å². The van der Waals surface area contributed by atoms with Gasteiger partial charge in [-0.3, -0.25) is 19.5 Å². The highest BCUT2D eigenvalue weighted by Crippen LogP contribution is 2.46. The number of aliphatic hydroxyl groups excluding tert-OH is 4. The van der Waals surface area contributed by atoms with Crippen molar-refractivity contribution in [3.05, 3.63) is 87.6 Å². The van der Waals surface area contributed by atoms with Gasteiger partial charge in [-0.05, 0) is 69.1 Å². The first-order chi connectivity index (χ1) is 27.3. The number of phenolic OH excluding ortho intramolecular Hbond substituents is 1. The third-order valence-electron chi connectivity index (χ3n) is 11.5. The number of allylic oxidation sites excluding steroid dienone is 1. The number of nitrogens with zero attached hydrogens (tertiary/aromatic N) is 1. The summed E-state index contributed by atoms with van der Waals surface area (Å²) in [4.78, 5) is 43.3. The van der Waals surface area contributed by atoms with Gasteiger partial charge in [-0.2, -0.15) is 0 Å². The molecule has 0 spiro atoms.